The number of β-amino-alcohol motifs (C(OH)–C–C–N with tert-alkyl or cyclic N) is 1. The number of hydrogen-bond donors (Lipinski definition) is 1. The molecule has 36 heavy (non-hydrogen) atoms. The third-order valence-corrected chi connectivity index (χ3v) is 8.90. The fourth-order valence-electron chi connectivity index (χ4n) is 7.45. The second-order valence-electron chi connectivity index (χ2n) is 11.1. The fraction of sp³-hybridized carbons (Fsp3) is 0.750. The maximum absolute atomic E-state index is 14.3. The van der Waals surface area contributed by atoms with Gasteiger partial charge in [0.1, 0.15) is 11.6 Å². The molecule has 0 aromatic heterocycles. The van der Waals surface area contributed by atoms with Gasteiger partial charge in [0.2, 0.25) is 17.7 Å². The second-order valence-corrected chi connectivity index (χ2v) is 11.1. The van der Waals surface area contributed by atoms with Gasteiger partial charge in [-0.3, -0.25) is 14.4 Å². The van der Waals surface area contributed by atoms with E-state index >= 15 is 0 Å². The number of carbonyl (C=O) groups is 3. The van der Waals surface area contributed by atoms with E-state index in [0.717, 1.165) is 32.1 Å². The van der Waals surface area contributed by atoms with Crippen LogP contribution in [0.5, 0.6) is 0 Å². The molecular weight excluding hydrogens is 458 g/mol. The van der Waals surface area contributed by atoms with Crippen molar-refractivity contribution in [2.45, 2.75) is 88.5 Å². The highest BCUT2D eigenvalue weighted by molar-refractivity contribution is 5.99. The number of ether oxygens (including phenoxy) is 1. The number of rotatable bonds is 11. The zero-order chi connectivity index (χ0) is 26.1. The number of aliphatic hydroxyl groups excluding tert-OH is 1. The van der Waals surface area contributed by atoms with Crippen LogP contribution in [0.25, 0.3) is 0 Å². The molecule has 0 aromatic rings. The van der Waals surface area contributed by atoms with Crippen molar-refractivity contribution in [3.05, 3.63) is 25.3 Å². The first-order valence-electron chi connectivity index (χ1n) is 13.7. The average molecular weight is 502 g/mol. The maximum Gasteiger partial charge on any atom is 0.248 e. The Morgan fingerprint density at radius 2 is 1.83 bits per heavy atom. The Labute approximate surface area is 215 Å². The first kappa shape index (κ1) is 26.9. The number of carbonyl (C=O) groups excluding carboxylic acids is 3. The van der Waals surface area contributed by atoms with Crippen molar-refractivity contribution in [1.29, 1.82) is 0 Å². The molecule has 4 fully saturated rings. The number of hydrogen-bond acceptors (Lipinski definition) is 5. The van der Waals surface area contributed by atoms with Gasteiger partial charge < -0.3 is 24.5 Å². The molecular formula is C28H43N3O5. The van der Waals surface area contributed by atoms with Crippen molar-refractivity contribution in [3.63, 3.8) is 0 Å². The van der Waals surface area contributed by atoms with Crippen molar-refractivity contribution in [2.24, 2.45) is 11.8 Å². The van der Waals surface area contributed by atoms with Crippen LogP contribution >= 0.6 is 0 Å². The standard InChI is InChI=1S/C28H43N3O5/c1-5-15-29(16-6-2)24(33)21-22-25(34)31(18-19-32)23(28(22)14-13-27(21,4)36-28)26(35)30(17-7-3)20-11-9-8-10-12-20/h5,7,20-23,32H,1,3,6,8-19H2,2,4H3/t21-,22+,23?,27+,28?/m1/s1. The number of nitrogens with zero attached hydrogens (tertiary/aromatic N) is 3. The predicted octanol–water partition coefficient (Wildman–Crippen LogP) is 2.52. The Balaban J connectivity index is 1.73. The molecule has 3 heterocycles. The summed E-state index contributed by atoms with van der Waals surface area (Å²) in [4.78, 5) is 47.3. The summed E-state index contributed by atoms with van der Waals surface area (Å²) in [6, 6.07) is -0.743. The third kappa shape index (κ3) is 4.20. The quantitative estimate of drug-likeness (QED) is 0.440. The minimum absolute atomic E-state index is 0.0480. The normalized spacial score (nSPS) is 33.5. The summed E-state index contributed by atoms with van der Waals surface area (Å²) in [5.74, 6) is -1.88. The molecule has 1 N–H and O–H groups in total. The molecule has 8 heteroatoms. The van der Waals surface area contributed by atoms with Crippen molar-refractivity contribution in [3.8, 4) is 0 Å². The smallest absolute Gasteiger partial charge is 0.248 e. The summed E-state index contributed by atoms with van der Waals surface area (Å²) in [7, 11) is 0. The molecule has 1 spiro atoms. The molecule has 3 amide bonds. The Kier molecular flexibility index (Phi) is 7.95. The van der Waals surface area contributed by atoms with Gasteiger partial charge in [-0.25, -0.2) is 0 Å². The first-order valence-corrected chi connectivity index (χ1v) is 13.7. The van der Waals surface area contributed by atoms with Crippen LogP contribution in [-0.4, -0.2) is 93.6 Å². The average Bonchev–Trinajstić information content (AvgIpc) is 3.43. The van der Waals surface area contributed by atoms with Crippen LogP contribution < -0.4 is 0 Å². The summed E-state index contributed by atoms with van der Waals surface area (Å²) in [6.07, 6.45) is 10.6. The van der Waals surface area contributed by atoms with E-state index < -0.39 is 29.1 Å². The highest BCUT2D eigenvalue weighted by atomic mass is 16.5. The van der Waals surface area contributed by atoms with E-state index in [0.29, 0.717) is 32.5 Å². The number of aliphatic hydroxyl groups is 1. The lowest BCUT2D eigenvalue weighted by Gasteiger charge is -2.40. The molecule has 2 unspecified atom stereocenters. The summed E-state index contributed by atoms with van der Waals surface area (Å²) >= 11 is 0. The van der Waals surface area contributed by atoms with E-state index in [1.165, 1.54) is 11.3 Å². The van der Waals surface area contributed by atoms with Crippen molar-refractivity contribution in [1.82, 2.24) is 14.7 Å². The predicted molar refractivity (Wildman–Crippen MR) is 137 cm³/mol. The van der Waals surface area contributed by atoms with Crippen molar-refractivity contribution in [2.75, 3.05) is 32.8 Å². The highest BCUT2D eigenvalue weighted by Gasteiger charge is 2.78. The molecule has 0 aromatic carbocycles. The lowest BCUT2D eigenvalue weighted by Crippen LogP contribution is -2.58. The lowest BCUT2D eigenvalue weighted by atomic mass is 9.66. The molecule has 2 bridgehead atoms. The fourth-order valence-corrected chi connectivity index (χ4v) is 7.45. The van der Waals surface area contributed by atoms with Crippen LogP contribution in [0.3, 0.4) is 0 Å². The number of likely N-dealkylation sites (tertiary alicyclic amines) is 1. The van der Waals surface area contributed by atoms with Gasteiger partial charge in [0.05, 0.1) is 24.0 Å². The molecule has 8 nitrogen and oxygen atoms in total. The molecule has 200 valence electrons. The molecule has 1 aliphatic carbocycles. The van der Waals surface area contributed by atoms with E-state index in [4.69, 9.17) is 4.74 Å². The van der Waals surface area contributed by atoms with E-state index in [1.807, 2.05) is 18.7 Å². The molecule has 4 aliphatic rings. The lowest BCUT2D eigenvalue weighted by molar-refractivity contribution is -0.155. The maximum atomic E-state index is 14.3. The van der Waals surface area contributed by atoms with Crippen LogP contribution in [0.15, 0.2) is 25.3 Å². The molecule has 1 saturated carbocycles. The molecule has 5 atom stereocenters. The Hall–Kier alpha value is -2.19. The minimum Gasteiger partial charge on any atom is -0.395 e. The van der Waals surface area contributed by atoms with Gasteiger partial charge in [-0.1, -0.05) is 38.3 Å². The summed E-state index contributed by atoms with van der Waals surface area (Å²) in [5, 5.41) is 9.86. The van der Waals surface area contributed by atoms with Crippen molar-refractivity contribution >= 4 is 17.7 Å². The largest absolute Gasteiger partial charge is 0.395 e. The van der Waals surface area contributed by atoms with E-state index in [9.17, 15) is 19.5 Å². The van der Waals surface area contributed by atoms with Crippen LogP contribution in [0.4, 0.5) is 0 Å². The minimum atomic E-state index is -1.06. The first-order chi connectivity index (χ1) is 17.3. The van der Waals surface area contributed by atoms with Gasteiger partial charge >= 0.3 is 0 Å². The molecule has 3 saturated heterocycles. The highest BCUT2D eigenvalue weighted by Crippen LogP contribution is 2.63. The SMILES string of the molecule is C=CCN(CCC)C(=O)[C@H]1[C@H]2C(=O)N(CCO)C(C(=O)N(CC=C)C3CCCCC3)C23CC[C@]1(C)O3. The monoisotopic (exact) mass is 501 g/mol. The summed E-state index contributed by atoms with van der Waals surface area (Å²) in [5.41, 5.74) is -1.86. The van der Waals surface area contributed by atoms with Crippen LogP contribution in [0.2, 0.25) is 0 Å². The number of fused-ring (bicyclic) bond motifs is 1. The molecule has 3 aliphatic heterocycles. The van der Waals surface area contributed by atoms with Gasteiger partial charge in [0, 0.05) is 32.2 Å². The Morgan fingerprint density at radius 3 is 2.44 bits per heavy atom. The van der Waals surface area contributed by atoms with Gasteiger partial charge in [0.15, 0.2) is 0 Å². The zero-order valence-electron chi connectivity index (χ0n) is 22.0. The van der Waals surface area contributed by atoms with Crippen LogP contribution in [0, 0.1) is 11.8 Å². The second kappa shape index (κ2) is 10.7. The van der Waals surface area contributed by atoms with Crippen LogP contribution in [0.1, 0.15) is 65.2 Å². The summed E-state index contributed by atoms with van der Waals surface area (Å²) in [6.45, 7) is 12.8. The van der Waals surface area contributed by atoms with Gasteiger partial charge in [-0.05, 0) is 39.0 Å². The Bertz CT molecular complexity index is 886. The van der Waals surface area contributed by atoms with E-state index in [2.05, 4.69) is 13.2 Å². The zero-order valence-corrected chi connectivity index (χ0v) is 22.0. The topological polar surface area (TPSA) is 90.4 Å². The summed E-state index contributed by atoms with van der Waals surface area (Å²) < 4.78 is 6.72. The Morgan fingerprint density at radius 1 is 1.14 bits per heavy atom. The molecule has 4 rings (SSSR count). The van der Waals surface area contributed by atoms with Gasteiger partial charge in [-0.2, -0.15) is 0 Å². The number of amides is 3. The van der Waals surface area contributed by atoms with E-state index in [-0.39, 0.29) is 36.9 Å². The molecule has 0 radical (unpaired) electrons. The van der Waals surface area contributed by atoms with Gasteiger partial charge in [-0.15, -0.1) is 13.2 Å². The van der Waals surface area contributed by atoms with Crippen LogP contribution in [-0.2, 0) is 19.1 Å². The van der Waals surface area contributed by atoms with Gasteiger partial charge in [0.25, 0.3) is 0 Å². The van der Waals surface area contributed by atoms with E-state index in [1.54, 1.807) is 17.1 Å². The van der Waals surface area contributed by atoms with Crippen molar-refractivity contribution < 1.29 is 24.2 Å². The third-order valence-electron chi connectivity index (χ3n) is 8.90.